The molecule has 0 saturated carbocycles. The van der Waals surface area contributed by atoms with Crippen LogP contribution < -0.4 is 0 Å². The molecular weight excluding hydrogens is 230 g/mol. The van der Waals surface area contributed by atoms with Gasteiger partial charge in [0.1, 0.15) is 0 Å². The predicted octanol–water partition coefficient (Wildman–Crippen LogP) is 5.08. The van der Waals surface area contributed by atoms with Crippen molar-refractivity contribution in [3.05, 3.63) is 0 Å². The van der Waals surface area contributed by atoms with Crippen LogP contribution in [0.15, 0.2) is 0 Å². The zero-order valence-electron chi connectivity index (χ0n) is 12.0. The number of nitrogens with zero attached hydrogens (tertiary/aromatic N) is 1. The lowest BCUT2D eigenvalue weighted by Crippen LogP contribution is -2.28. The van der Waals surface area contributed by atoms with Gasteiger partial charge in [-0.25, -0.2) is 0 Å². The fraction of sp³-hybridized carbons (Fsp3) is 1.00. The van der Waals surface area contributed by atoms with Gasteiger partial charge in [-0.2, -0.15) is 0 Å². The minimum atomic E-state index is 0.778. The molecule has 0 spiro atoms. The molecule has 0 radical (unpaired) electrons. The summed E-state index contributed by atoms with van der Waals surface area (Å²) in [5, 5.41) is 0. The number of rotatable bonds is 13. The van der Waals surface area contributed by atoms with E-state index in [0.29, 0.717) is 0 Å². The molecule has 0 atom stereocenters. The SMILES string of the molecule is CCCCCCCCCN(CCCl)CCCC. The van der Waals surface area contributed by atoms with Gasteiger partial charge in [-0.1, -0.05) is 58.8 Å². The first kappa shape index (κ1) is 17.2. The van der Waals surface area contributed by atoms with Crippen LogP contribution in [0.25, 0.3) is 0 Å². The van der Waals surface area contributed by atoms with Crippen LogP contribution in [-0.2, 0) is 0 Å². The van der Waals surface area contributed by atoms with Crippen LogP contribution >= 0.6 is 11.6 Å². The van der Waals surface area contributed by atoms with E-state index in [1.165, 1.54) is 70.9 Å². The van der Waals surface area contributed by atoms with Crippen LogP contribution in [0.5, 0.6) is 0 Å². The Hall–Kier alpha value is 0.250. The Morgan fingerprint density at radius 2 is 1.18 bits per heavy atom. The average Bonchev–Trinajstić information content (AvgIpc) is 2.34. The van der Waals surface area contributed by atoms with Gasteiger partial charge in [0.15, 0.2) is 0 Å². The number of hydrogen-bond donors (Lipinski definition) is 0. The molecular formula is C15H32ClN. The van der Waals surface area contributed by atoms with E-state index in [9.17, 15) is 0 Å². The summed E-state index contributed by atoms with van der Waals surface area (Å²) >= 11 is 5.83. The Bertz CT molecular complexity index is 139. The minimum Gasteiger partial charge on any atom is -0.302 e. The highest BCUT2D eigenvalue weighted by Gasteiger charge is 2.02. The monoisotopic (exact) mass is 261 g/mol. The predicted molar refractivity (Wildman–Crippen MR) is 80.1 cm³/mol. The third kappa shape index (κ3) is 12.5. The summed E-state index contributed by atoms with van der Waals surface area (Å²) < 4.78 is 0. The second-order valence-electron chi connectivity index (χ2n) is 5.01. The summed E-state index contributed by atoms with van der Waals surface area (Å²) in [6.07, 6.45) is 12.4. The van der Waals surface area contributed by atoms with Crippen LogP contribution in [0.4, 0.5) is 0 Å². The number of alkyl halides is 1. The smallest absolute Gasteiger partial charge is 0.0351 e. The third-order valence-electron chi connectivity index (χ3n) is 3.31. The lowest BCUT2D eigenvalue weighted by atomic mass is 10.1. The van der Waals surface area contributed by atoms with E-state index in [1.807, 2.05) is 0 Å². The van der Waals surface area contributed by atoms with Crippen molar-refractivity contribution in [1.82, 2.24) is 4.90 Å². The van der Waals surface area contributed by atoms with E-state index in [-0.39, 0.29) is 0 Å². The Morgan fingerprint density at radius 3 is 1.76 bits per heavy atom. The van der Waals surface area contributed by atoms with Gasteiger partial charge in [0.05, 0.1) is 0 Å². The maximum absolute atomic E-state index is 5.83. The molecule has 0 fully saturated rings. The first-order valence-electron chi connectivity index (χ1n) is 7.63. The Morgan fingerprint density at radius 1 is 0.647 bits per heavy atom. The van der Waals surface area contributed by atoms with E-state index in [0.717, 1.165) is 12.4 Å². The van der Waals surface area contributed by atoms with Crippen molar-refractivity contribution in [2.75, 3.05) is 25.5 Å². The first-order valence-corrected chi connectivity index (χ1v) is 8.16. The van der Waals surface area contributed by atoms with Crippen LogP contribution in [-0.4, -0.2) is 30.4 Å². The van der Waals surface area contributed by atoms with Gasteiger partial charge in [-0.15, -0.1) is 11.6 Å². The number of unbranched alkanes of at least 4 members (excludes halogenated alkanes) is 7. The van der Waals surface area contributed by atoms with Gasteiger partial charge in [0.2, 0.25) is 0 Å². The molecule has 2 heteroatoms. The van der Waals surface area contributed by atoms with Crippen molar-refractivity contribution in [1.29, 1.82) is 0 Å². The molecule has 104 valence electrons. The van der Waals surface area contributed by atoms with Crippen molar-refractivity contribution in [2.45, 2.75) is 71.6 Å². The Labute approximate surface area is 114 Å². The number of hydrogen-bond acceptors (Lipinski definition) is 1. The largest absolute Gasteiger partial charge is 0.302 e. The van der Waals surface area contributed by atoms with Crippen molar-refractivity contribution in [3.8, 4) is 0 Å². The maximum atomic E-state index is 5.83. The highest BCUT2D eigenvalue weighted by molar-refractivity contribution is 6.18. The lowest BCUT2D eigenvalue weighted by molar-refractivity contribution is 0.277. The molecule has 0 aromatic heterocycles. The van der Waals surface area contributed by atoms with E-state index in [1.54, 1.807) is 0 Å². The normalized spacial score (nSPS) is 11.3. The summed E-state index contributed by atoms with van der Waals surface area (Å²) in [4.78, 5) is 2.53. The fourth-order valence-electron chi connectivity index (χ4n) is 2.13. The van der Waals surface area contributed by atoms with Gasteiger partial charge in [0.25, 0.3) is 0 Å². The Balaban J connectivity index is 3.34. The molecule has 0 unspecified atom stereocenters. The molecule has 0 aliphatic heterocycles. The van der Waals surface area contributed by atoms with Crippen LogP contribution in [0.3, 0.4) is 0 Å². The highest BCUT2D eigenvalue weighted by Crippen LogP contribution is 2.08. The van der Waals surface area contributed by atoms with Crippen molar-refractivity contribution < 1.29 is 0 Å². The van der Waals surface area contributed by atoms with E-state index in [4.69, 9.17) is 11.6 Å². The summed E-state index contributed by atoms with van der Waals surface area (Å²) in [7, 11) is 0. The summed E-state index contributed by atoms with van der Waals surface area (Å²) in [6.45, 7) is 8.08. The van der Waals surface area contributed by atoms with Crippen LogP contribution in [0.1, 0.15) is 71.6 Å². The molecule has 1 nitrogen and oxygen atoms in total. The molecule has 0 aliphatic carbocycles. The second-order valence-corrected chi connectivity index (χ2v) is 5.38. The molecule has 0 saturated heterocycles. The van der Waals surface area contributed by atoms with E-state index >= 15 is 0 Å². The summed E-state index contributed by atoms with van der Waals surface area (Å²) in [5.74, 6) is 0.778. The van der Waals surface area contributed by atoms with E-state index in [2.05, 4.69) is 18.7 Å². The van der Waals surface area contributed by atoms with Gasteiger partial charge in [-0.05, 0) is 25.9 Å². The van der Waals surface area contributed by atoms with Crippen LogP contribution in [0.2, 0.25) is 0 Å². The van der Waals surface area contributed by atoms with Crippen molar-refractivity contribution in [2.24, 2.45) is 0 Å². The molecule has 0 rings (SSSR count). The second kappa shape index (κ2) is 14.3. The average molecular weight is 262 g/mol. The first-order chi connectivity index (χ1) is 8.35. The summed E-state index contributed by atoms with van der Waals surface area (Å²) in [5.41, 5.74) is 0. The molecule has 0 aromatic carbocycles. The number of halogens is 1. The topological polar surface area (TPSA) is 3.24 Å². The van der Waals surface area contributed by atoms with Gasteiger partial charge < -0.3 is 4.90 Å². The van der Waals surface area contributed by atoms with Crippen molar-refractivity contribution in [3.63, 3.8) is 0 Å². The van der Waals surface area contributed by atoms with E-state index < -0.39 is 0 Å². The lowest BCUT2D eigenvalue weighted by Gasteiger charge is -2.20. The maximum Gasteiger partial charge on any atom is 0.0351 e. The molecule has 0 N–H and O–H groups in total. The Kier molecular flexibility index (Phi) is 14.5. The molecule has 17 heavy (non-hydrogen) atoms. The summed E-state index contributed by atoms with van der Waals surface area (Å²) in [6, 6.07) is 0. The minimum absolute atomic E-state index is 0.778. The molecule has 0 bridgehead atoms. The van der Waals surface area contributed by atoms with Crippen LogP contribution in [0, 0.1) is 0 Å². The third-order valence-corrected chi connectivity index (χ3v) is 3.48. The van der Waals surface area contributed by atoms with Gasteiger partial charge >= 0.3 is 0 Å². The van der Waals surface area contributed by atoms with Crippen molar-refractivity contribution >= 4 is 11.6 Å². The molecule has 0 amide bonds. The quantitative estimate of drug-likeness (QED) is 0.330. The molecule has 0 aliphatic rings. The van der Waals surface area contributed by atoms with Gasteiger partial charge in [0, 0.05) is 12.4 Å². The zero-order valence-corrected chi connectivity index (χ0v) is 12.8. The zero-order chi connectivity index (χ0) is 12.8. The molecule has 0 aromatic rings. The molecule has 0 heterocycles. The highest BCUT2D eigenvalue weighted by atomic mass is 35.5. The van der Waals surface area contributed by atoms with Gasteiger partial charge in [-0.3, -0.25) is 0 Å². The fourth-order valence-corrected chi connectivity index (χ4v) is 2.37. The standard InChI is InChI=1S/C15H32ClN/c1-3-5-7-8-9-10-11-14-17(15-12-16)13-6-4-2/h3-15H2,1-2H3.